The number of halogens is 1. The van der Waals surface area contributed by atoms with Crippen molar-refractivity contribution in [3.05, 3.63) is 71.5 Å². The summed E-state index contributed by atoms with van der Waals surface area (Å²) in [6.07, 6.45) is 1.19. The Balaban J connectivity index is 1.58. The molecule has 1 aliphatic heterocycles. The van der Waals surface area contributed by atoms with Crippen LogP contribution in [0.5, 0.6) is 0 Å². The van der Waals surface area contributed by atoms with Gasteiger partial charge in [-0.3, -0.25) is 9.69 Å². The first-order valence-corrected chi connectivity index (χ1v) is 9.10. The zero-order valence-corrected chi connectivity index (χ0v) is 14.9. The first-order chi connectivity index (χ1) is 12.7. The Kier molecular flexibility index (Phi) is 6.75. The fourth-order valence-corrected chi connectivity index (χ4v) is 3.23. The normalized spacial score (nSPS) is 16.2. The van der Waals surface area contributed by atoms with Gasteiger partial charge in [0.05, 0.1) is 19.3 Å². The summed E-state index contributed by atoms with van der Waals surface area (Å²) < 4.78 is 18.7. The van der Waals surface area contributed by atoms with E-state index in [0.29, 0.717) is 26.2 Å². The number of ether oxygens (including phenoxy) is 1. The van der Waals surface area contributed by atoms with Gasteiger partial charge in [-0.2, -0.15) is 0 Å². The molecule has 0 aliphatic carbocycles. The van der Waals surface area contributed by atoms with E-state index in [4.69, 9.17) is 4.74 Å². The molecule has 26 heavy (non-hydrogen) atoms. The average Bonchev–Trinajstić information content (AvgIpc) is 2.69. The topological polar surface area (TPSA) is 41.6 Å². The number of hydrogen-bond acceptors (Lipinski definition) is 3. The highest BCUT2D eigenvalue weighted by Crippen LogP contribution is 2.21. The van der Waals surface area contributed by atoms with Crippen LogP contribution in [0.15, 0.2) is 54.6 Å². The lowest BCUT2D eigenvalue weighted by Gasteiger charge is -2.35. The number of amides is 1. The molecule has 0 bridgehead atoms. The molecule has 2 aromatic carbocycles. The smallest absolute Gasteiger partial charge is 0.220 e. The van der Waals surface area contributed by atoms with Gasteiger partial charge in [0, 0.05) is 26.1 Å². The van der Waals surface area contributed by atoms with Crippen molar-refractivity contribution in [3.63, 3.8) is 0 Å². The fraction of sp³-hybridized carbons (Fsp3) is 0.381. The quantitative estimate of drug-likeness (QED) is 0.829. The molecule has 0 spiro atoms. The predicted molar refractivity (Wildman–Crippen MR) is 99.3 cm³/mol. The van der Waals surface area contributed by atoms with Gasteiger partial charge in [-0.15, -0.1) is 0 Å². The number of nitrogens with zero attached hydrogens (tertiary/aromatic N) is 1. The van der Waals surface area contributed by atoms with Crippen LogP contribution in [0.4, 0.5) is 4.39 Å². The Labute approximate surface area is 154 Å². The molecule has 1 heterocycles. The van der Waals surface area contributed by atoms with Gasteiger partial charge in [0.25, 0.3) is 0 Å². The van der Waals surface area contributed by atoms with Crippen LogP contribution in [0.3, 0.4) is 0 Å². The standard InChI is InChI=1S/C21H25FN2O2/c22-19-9-7-18(8-10-19)20(24-12-14-26-15-13-24)16-23-21(25)11-6-17-4-2-1-3-5-17/h1-5,7-10,20H,6,11-16H2,(H,23,25)/t20-/m0/s1. The van der Waals surface area contributed by atoms with Crippen LogP contribution >= 0.6 is 0 Å². The van der Waals surface area contributed by atoms with Gasteiger partial charge in [-0.1, -0.05) is 42.5 Å². The Morgan fingerprint density at radius 1 is 1.08 bits per heavy atom. The summed E-state index contributed by atoms with van der Waals surface area (Å²) in [4.78, 5) is 14.6. The third kappa shape index (κ3) is 5.38. The fourth-order valence-electron chi connectivity index (χ4n) is 3.23. The number of hydrogen-bond donors (Lipinski definition) is 1. The van der Waals surface area contributed by atoms with Crippen LogP contribution < -0.4 is 5.32 Å². The maximum atomic E-state index is 13.3. The first kappa shape index (κ1) is 18.5. The SMILES string of the molecule is O=C(CCc1ccccc1)NC[C@@H](c1ccc(F)cc1)N1CCOCC1. The molecule has 1 amide bonds. The van der Waals surface area contributed by atoms with Gasteiger partial charge in [-0.05, 0) is 29.7 Å². The molecule has 0 radical (unpaired) electrons. The van der Waals surface area contributed by atoms with E-state index in [9.17, 15) is 9.18 Å². The van der Waals surface area contributed by atoms with E-state index < -0.39 is 0 Å². The Morgan fingerprint density at radius 3 is 2.46 bits per heavy atom. The lowest BCUT2D eigenvalue weighted by atomic mass is 10.0. The van der Waals surface area contributed by atoms with Crippen LogP contribution in [0.1, 0.15) is 23.6 Å². The van der Waals surface area contributed by atoms with Crippen molar-refractivity contribution >= 4 is 5.91 Å². The van der Waals surface area contributed by atoms with E-state index in [1.54, 1.807) is 12.1 Å². The monoisotopic (exact) mass is 356 g/mol. The summed E-state index contributed by atoms with van der Waals surface area (Å²) in [6, 6.07) is 16.6. The third-order valence-corrected chi connectivity index (χ3v) is 4.72. The highest BCUT2D eigenvalue weighted by Gasteiger charge is 2.23. The Bertz CT molecular complexity index is 685. The molecule has 1 atom stereocenters. The van der Waals surface area contributed by atoms with Gasteiger partial charge in [0.15, 0.2) is 0 Å². The van der Waals surface area contributed by atoms with Crippen LogP contribution in [0, 0.1) is 5.82 Å². The van der Waals surface area contributed by atoms with E-state index in [2.05, 4.69) is 10.2 Å². The summed E-state index contributed by atoms with van der Waals surface area (Å²) in [7, 11) is 0. The van der Waals surface area contributed by atoms with Crippen molar-refractivity contribution in [2.24, 2.45) is 0 Å². The molecule has 0 aromatic heterocycles. The lowest BCUT2D eigenvalue weighted by Crippen LogP contribution is -2.43. The van der Waals surface area contributed by atoms with Crippen molar-refractivity contribution in [1.82, 2.24) is 10.2 Å². The highest BCUT2D eigenvalue weighted by molar-refractivity contribution is 5.76. The molecule has 1 fully saturated rings. The number of nitrogens with one attached hydrogen (secondary N) is 1. The van der Waals surface area contributed by atoms with Crippen molar-refractivity contribution < 1.29 is 13.9 Å². The largest absolute Gasteiger partial charge is 0.379 e. The van der Waals surface area contributed by atoms with Crippen LogP contribution in [0.25, 0.3) is 0 Å². The number of carbonyl (C=O) groups excluding carboxylic acids is 1. The summed E-state index contributed by atoms with van der Waals surface area (Å²) in [5, 5.41) is 3.05. The van der Waals surface area contributed by atoms with Crippen molar-refractivity contribution in [2.75, 3.05) is 32.8 Å². The molecule has 5 heteroatoms. The van der Waals surface area contributed by atoms with Crippen LogP contribution in [-0.4, -0.2) is 43.7 Å². The molecule has 1 saturated heterocycles. The second-order valence-corrected chi connectivity index (χ2v) is 6.51. The van der Waals surface area contributed by atoms with Gasteiger partial charge >= 0.3 is 0 Å². The summed E-state index contributed by atoms with van der Waals surface area (Å²) in [5.41, 5.74) is 2.17. The summed E-state index contributed by atoms with van der Waals surface area (Å²) in [6.45, 7) is 3.49. The predicted octanol–water partition coefficient (Wildman–Crippen LogP) is 2.95. The molecular weight excluding hydrogens is 331 g/mol. The minimum Gasteiger partial charge on any atom is -0.379 e. The molecular formula is C21H25FN2O2. The van der Waals surface area contributed by atoms with E-state index >= 15 is 0 Å². The molecule has 0 unspecified atom stereocenters. The third-order valence-electron chi connectivity index (χ3n) is 4.72. The highest BCUT2D eigenvalue weighted by atomic mass is 19.1. The molecule has 3 rings (SSSR count). The van der Waals surface area contributed by atoms with Gasteiger partial charge in [0.2, 0.25) is 5.91 Å². The van der Waals surface area contributed by atoms with E-state index in [1.807, 2.05) is 30.3 Å². The van der Waals surface area contributed by atoms with Gasteiger partial charge in [-0.25, -0.2) is 4.39 Å². The maximum absolute atomic E-state index is 13.3. The molecule has 2 aromatic rings. The number of rotatable bonds is 7. The molecule has 0 saturated carbocycles. The minimum absolute atomic E-state index is 0.0279. The number of carbonyl (C=O) groups is 1. The van der Waals surface area contributed by atoms with Crippen molar-refractivity contribution in [3.8, 4) is 0 Å². The second kappa shape index (κ2) is 9.46. The van der Waals surface area contributed by atoms with E-state index in [1.165, 1.54) is 12.1 Å². The molecule has 138 valence electrons. The molecule has 4 nitrogen and oxygen atoms in total. The van der Waals surface area contributed by atoms with E-state index in [-0.39, 0.29) is 17.8 Å². The van der Waals surface area contributed by atoms with Crippen molar-refractivity contribution in [1.29, 1.82) is 0 Å². The minimum atomic E-state index is -0.249. The zero-order chi connectivity index (χ0) is 18.2. The lowest BCUT2D eigenvalue weighted by molar-refractivity contribution is -0.121. The maximum Gasteiger partial charge on any atom is 0.220 e. The Hall–Kier alpha value is -2.24. The van der Waals surface area contributed by atoms with E-state index in [0.717, 1.165) is 30.6 Å². The summed E-state index contributed by atoms with van der Waals surface area (Å²) in [5.74, 6) is -0.212. The molecule has 1 aliphatic rings. The number of aryl methyl sites for hydroxylation is 1. The Morgan fingerprint density at radius 2 is 1.77 bits per heavy atom. The number of morpholine rings is 1. The first-order valence-electron chi connectivity index (χ1n) is 9.10. The van der Waals surface area contributed by atoms with Gasteiger partial charge in [0.1, 0.15) is 5.82 Å². The summed E-state index contributed by atoms with van der Waals surface area (Å²) >= 11 is 0. The molecule has 1 N–H and O–H groups in total. The number of benzene rings is 2. The zero-order valence-electron chi connectivity index (χ0n) is 14.9. The average molecular weight is 356 g/mol. The van der Waals surface area contributed by atoms with Crippen molar-refractivity contribution in [2.45, 2.75) is 18.9 Å². The van der Waals surface area contributed by atoms with Crippen LogP contribution in [0.2, 0.25) is 0 Å². The van der Waals surface area contributed by atoms with Gasteiger partial charge < -0.3 is 10.1 Å². The second-order valence-electron chi connectivity index (χ2n) is 6.51. The van der Waals surface area contributed by atoms with Crippen LogP contribution in [-0.2, 0) is 16.0 Å².